The highest BCUT2D eigenvalue weighted by atomic mass is 16.5. The lowest BCUT2D eigenvalue weighted by Crippen LogP contribution is -2.49. The summed E-state index contributed by atoms with van der Waals surface area (Å²) in [5.41, 5.74) is 1.19. The van der Waals surface area contributed by atoms with Crippen LogP contribution in [0.2, 0.25) is 0 Å². The fourth-order valence-electron chi connectivity index (χ4n) is 4.69. The molecule has 3 aliphatic heterocycles. The number of piperidine rings is 1. The topological polar surface area (TPSA) is 51.5 Å². The van der Waals surface area contributed by atoms with E-state index in [1.807, 2.05) is 21.6 Å². The van der Waals surface area contributed by atoms with Crippen LogP contribution in [0.4, 0.5) is 0 Å². The molecule has 4 rings (SSSR count). The van der Waals surface area contributed by atoms with E-state index in [2.05, 4.69) is 6.92 Å². The van der Waals surface area contributed by atoms with Gasteiger partial charge in [0.2, 0.25) is 5.91 Å². The van der Waals surface area contributed by atoms with Gasteiger partial charge in [-0.2, -0.15) is 0 Å². The first kappa shape index (κ1) is 15.9. The number of hydrogen-bond acceptors (Lipinski definition) is 3. The maximum Gasteiger partial charge on any atom is 0.250 e. The molecule has 1 amide bonds. The highest BCUT2D eigenvalue weighted by Gasteiger charge is 2.37. The van der Waals surface area contributed by atoms with Crippen LogP contribution in [0.25, 0.3) is 0 Å². The van der Waals surface area contributed by atoms with Crippen molar-refractivity contribution in [1.29, 1.82) is 0 Å². The van der Waals surface area contributed by atoms with Crippen molar-refractivity contribution >= 4 is 5.91 Å². The predicted octanol–water partition coefficient (Wildman–Crippen LogP) is 2.00. The second-order valence-electron chi connectivity index (χ2n) is 7.73. The van der Waals surface area contributed by atoms with Crippen LogP contribution < -0.4 is 5.56 Å². The van der Waals surface area contributed by atoms with Gasteiger partial charge in [-0.15, -0.1) is 0 Å². The molecule has 5 heteroatoms. The van der Waals surface area contributed by atoms with Crippen molar-refractivity contribution in [3.8, 4) is 0 Å². The summed E-state index contributed by atoms with van der Waals surface area (Å²) in [6, 6.07) is 5.52. The Kier molecular flexibility index (Phi) is 4.21. The van der Waals surface area contributed by atoms with E-state index < -0.39 is 0 Å². The number of hydrogen-bond donors (Lipinski definition) is 0. The third-order valence-electron chi connectivity index (χ3n) is 5.93. The SMILES string of the molecule is C[C@H](CC(=O)N1C[C@@H]2C[C@H](C1)c1cccc(=O)n1C2)[C@@H]1CCCO1. The molecule has 0 saturated carbocycles. The van der Waals surface area contributed by atoms with Gasteiger partial charge in [0.25, 0.3) is 5.56 Å². The van der Waals surface area contributed by atoms with Gasteiger partial charge in [-0.05, 0) is 37.2 Å². The molecule has 1 aromatic rings. The summed E-state index contributed by atoms with van der Waals surface area (Å²) in [5, 5.41) is 0. The molecule has 24 heavy (non-hydrogen) atoms. The van der Waals surface area contributed by atoms with E-state index >= 15 is 0 Å². The summed E-state index contributed by atoms with van der Waals surface area (Å²) < 4.78 is 7.64. The van der Waals surface area contributed by atoms with Crippen LogP contribution in [0.15, 0.2) is 23.0 Å². The molecule has 0 N–H and O–H groups in total. The van der Waals surface area contributed by atoms with Crippen molar-refractivity contribution in [1.82, 2.24) is 9.47 Å². The predicted molar refractivity (Wildman–Crippen MR) is 90.9 cm³/mol. The maximum absolute atomic E-state index is 12.8. The Bertz CT molecular complexity index is 677. The zero-order valence-corrected chi connectivity index (χ0v) is 14.3. The van der Waals surface area contributed by atoms with Crippen LogP contribution in [0.5, 0.6) is 0 Å². The lowest BCUT2D eigenvalue weighted by Gasteiger charge is -2.43. The molecule has 0 aromatic carbocycles. The molecule has 0 aliphatic carbocycles. The molecule has 3 aliphatic rings. The molecule has 2 fully saturated rings. The van der Waals surface area contributed by atoms with Crippen LogP contribution in [-0.4, -0.2) is 41.2 Å². The highest BCUT2D eigenvalue weighted by molar-refractivity contribution is 5.76. The lowest BCUT2D eigenvalue weighted by atomic mass is 9.82. The van der Waals surface area contributed by atoms with Crippen molar-refractivity contribution < 1.29 is 9.53 Å². The zero-order valence-electron chi connectivity index (χ0n) is 14.3. The average molecular weight is 330 g/mol. The Morgan fingerprint density at radius 3 is 3.00 bits per heavy atom. The summed E-state index contributed by atoms with van der Waals surface area (Å²) >= 11 is 0. The Morgan fingerprint density at radius 1 is 1.33 bits per heavy atom. The lowest BCUT2D eigenvalue weighted by molar-refractivity contribution is -0.135. The average Bonchev–Trinajstić information content (AvgIpc) is 3.10. The Hall–Kier alpha value is -1.62. The van der Waals surface area contributed by atoms with Gasteiger partial charge >= 0.3 is 0 Å². The summed E-state index contributed by atoms with van der Waals surface area (Å²) in [6.45, 7) is 5.25. The minimum absolute atomic E-state index is 0.0916. The van der Waals surface area contributed by atoms with E-state index in [-0.39, 0.29) is 23.5 Å². The van der Waals surface area contributed by atoms with Crippen LogP contribution in [0.1, 0.15) is 44.2 Å². The van der Waals surface area contributed by atoms with E-state index in [0.29, 0.717) is 18.3 Å². The van der Waals surface area contributed by atoms with Crippen LogP contribution >= 0.6 is 0 Å². The number of carbonyl (C=O) groups excluding carboxylic acids is 1. The molecule has 2 bridgehead atoms. The first-order valence-corrected chi connectivity index (χ1v) is 9.21. The van der Waals surface area contributed by atoms with Gasteiger partial charge < -0.3 is 14.2 Å². The van der Waals surface area contributed by atoms with Crippen molar-refractivity contribution in [3.63, 3.8) is 0 Å². The number of fused-ring (bicyclic) bond motifs is 4. The second kappa shape index (κ2) is 6.36. The molecule has 130 valence electrons. The monoisotopic (exact) mass is 330 g/mol. The van der Waals surface area contributed by atoms with Crippen molar-refractivity contribution in [2.24, 2.45) is 11.8 Å². The number of carbonyl (C=O) groups is 1. The number of nitrogens with zero attached hydrogens (tertiary/aromatic N) is 2. The Balaban J connectivity index is 1.45. The standard InChI is InChI=1S/C19H26N2O3/c1-13(17-5-3-7-24-17)8-19(23)20-10-14-9-15(12-20)16-4-2-6-18(22)21(16)11-14/h2,4,6,13-15,17H,3,5,7-12H2,1H3/t13-,14+,15-,17+/m1/s1. The zero-order chi connectivity index (χ0) is 16.7. The van der Waals surface area contributed by atoms with Gasteiger partial charge in [-0.25, -0.2) is 0 Å². The Labute approximate surface area is 142 Å². The number of amides is 1. The largest absolute Gasteiger partial charge is 0.378 e. The minimum atomic E-state index is 0.0916. The van der Waals surface area contributed by atoms with E-state index in [9.17, 15) is 9.59 Å². The quantitative estimate of drug-likeness (QED) is 0.852. The molecular formula is C19H26N2O3. The van der Waals surface area contributed by atoms with Gasteiger partial charge in [0.1, 0.15) is 0 Å². The molecule has 4 atom stereocenters. The number of ether oxygens (including phenoxy) is 1. The van der Waals surface area contributed by atoms with Gasteiger partial charge in [0, 0.05) is 50.3 Å². The summed E-state index contributed by atoms with van der Waals surface area (Å²) in [7, 11) is 0. The molecule has 0 radical (unpaired) electrons. The van der Waals surface area contributed by atoms with Crippen molar-refractivity contribution in [2.75, 3.05) is 19.7 Å². The maximum atomic E-state index is 12.8. The van der Waals surface area contributed by atoms with Gasteiger partial charge in [-0.1, -0.05) is 13.0 Å². The molecule has 2 saturated heterocycles. The molecule has 0 spiro atoms. The first-order chi connectivity index (χ1) is 11.6. The number of likely N-dealkylation sites (tertiary alicyclic amines) is 1. The van der Waals surface area contributed by atoms with Crippen molar-refractivity contribution in [2.45, 2.75) is 51.2 Å². The van der Waals surface area contributed by atoms with Gasteiger partial charge in [0.05, 0.1) is 6.10 Å². The van der Waals surface area contributed by atoms with Crippen molar-refractivity contribution in [3.05, 3.63) is 34.2 Å². The normalized spacial score (nSPS) is 30.0. The van der Waals surface area contributed by atoms with Crippen LogP contribution in [0.3, 0.4) is 0 Å². The molecule has 1 aromatic heterocycles. The van der Waals surface area contributed by atoms with Crippen LogP contribution in [-0.2, 0) is 16.1 Å². The molecular weight excluding hydrogens is 304 g/mol. The van der Waals surface area contributed by atoms with Crippen LogP contribution in [0, 0.1) is 11.8 Å². The third-order valence-corrected chi connectivity index (χ3v) is 5.93. The summed E-state index contributed by atoms with van der Waals surface area (Å²) in [6.07, 6.45) is 4.11. The number of aromatic nitrogens is 1. The van der Waals surface area contributed by atoms with E-state index in [4.69, 9.17) is 4.74 Å². The Morgan fingerprint density at radius 2 is 2.21 bits per heavy atom. The summed E-state index contributed by atoms with van der Waals surface area (Å²) in [4.78, 5) is 26.9. The second-order valence-corrected chi connectivity index (χ2v) is 7.73. The molecule has 0 unspecified atom stereocenters. The van der Waals surface area contributed by atoms with Gasteiger partial charge in [0.15, 0.2) is 0 Å². The molecule has 5 nitrogen and oxygen atoms in total. The number of pyridine rings is 1. The molecule has 4 heterocycles. The smallest absolute Gasteiger partial charge is 0.250 e. The highest BCUT2D eigenvalue weighted by Crippen LogP contribution is 2.35. The van der Waals surface area contributed by atoms with E-state index in [1.54, 1.807) is 6.07 Å². The fraction of sp³-hybridized carbons (Fsp3) is 0.684. The van der Waals surface area contributed by atoms with Gasteiger partial charge in [-0.3, -0.25) is 9.59 Å². The van der Waals surface area contributed by atoms with E-state index in [0.717, 1.165) is 51.2 Å². The minimum Gasteiger partial charge on any atom is -0.378 e. The third kappa shape index (κ3) is 2.90. The number of rotatable bonds is 3. The van der Waals surface area contributed by atoms with E-state index in [1.165, 1.54) is 0 Å². The first-order valence-electron chi connectivity index (χ1n) is 9.21. The summed E-state index contributed by atoms with van der Waals surface area (Å²) in [5.74, 6) is 1.24. The fourth-order valence-corrected chi connectivity index (χ4v) is 4.69.